The van der Waals surface area contributed by atoms with Crippen LogP contribution in [0, 0.1) is 10.1 Å². The van der Waals surface area contributed by atoms with E-state index < -0.39 is 10.3 Å². The van der Waals surface area contributed by atoms with Gasteiger partial charge in [-0.25, -0.2) is 0 Å². The third-order valence-electron chi connectivity index (χ3n) is 4.45. The van der Waals surface area contributed by atoms with Gasteiger partial charge < -0.3 is 0 Å². The second kappa shape index (κ2) is 6.20. The van der Waals surface area contributed by atoms with Crippen LogP contribution in [0.25, 0.3) is 0 Å². The highest BCUT2D eigenvalue weighted by molar-refractivity contribution is 5.93. The van der Waals surface area contributed by atoms with Crippen molar-refractivity contribution in [2.45, 2.75) is 18.3 Å². The Hall–Kier alpha value is -3.08. The van der Waals surface area contributed by atoms with Gasteiger partial charge in [0.25, 0.3) is 5.69 Å². The molecule has 1 aromatic carbocycles. The van der Waals surface area contributed by atoms with E-state index in [1.54, 1.807) is 24.5 Å². The first-order valence-corrected chi connectivity index (χ1v) is 7.57. The number of carbonyl (C=O) groups excluding carboxylic acids is 1. The third kappa shape index (κ3) is 2.54. The minimum absolute atomic E-state index is 0.0236. The van der Waals surface area contributed by atoms with Gasteiger partial charge in [-0.1, -0.05) is 36.4 Å². The van der Waals surface area contributed by atoms with Gasteiger partial charge in [0.15, 0.2) is 0 Å². The minimum Gasteiger partial charge on any atom is -0.299 e. The van der Waals surface area contributed by atoms with E-state index in [-0.39, 0.29) is 17.4 Å². The largest absolute Gasteiger partial charge is 0.299 e. The number of nitro groups is 1. The Bertz CT molecular complexity index is 843. The van der Waals surface area contributed by atoms with Gasteiger partial charge in [0.2, 0.25) is 0 Å². The van der Waals surface area contributed by atoms with Crippen LogP contribution in [-0.2, 0) is 10.2 Å². The molecule has 5 heteroatoms. The number of hydrogen-bond donors (Lipinski definition) is 0. The number of benzene rings is 1. The van der Waals surface area contributed by atoms with Crippen molar-refractivity contribution in [1.82, 2.24) is 4.98 Å². The summed E-state index contributed by atoms with van der Waals surface area (Å²) in [6.07, 6.45) is 10.9. The highest BCUT2D eigenvalue weighted by Crippen LogP contribution is 2.44. The van der Waals surface area contributed by atoms with Gasteiger partial charge in [0.05, 0.1) is 10.3 Å². The fraction of sp³-hybridized carbons (Fsp3) is 0.158. The van der Waals surface area contributed by atoms with E-state index >= 15 is 0 Å². The van der Waals surface area contributed by atoms with E-state index in [4.69, 9.17) is 0 Å². The van der Waals surface area contributed by atoms with E-state index in [9.17, 15) is 14.9 Å². The second-order valence-corrected chi connectivity index (χ2v) is 5.73. The molecule has 2 atom stereocenters. The van der Waals surface area contributed by atoms with E-state index in [1.807, 2.05) is 36.4 Å². The summed E-state index contributed by atoms with van der Waals surface area (Å²) in [6.45, 7) is 1.52. The Morgan fingerprint density at radius 2 is 1.96 bits per heavy atom. The molecular formula is C19H16N2O3. The molecule has 0 fully saturated rings. The summed E-state index contributed by atoms with van der Waals surface area (Å²) in [4.78, 5) is 27.4. The summed E-state index contributed by atoms with van der Waals surface area (Å²) < 4.78 is 0. The van der Waals surface area contributed by atoms with Crippen molar-refractivity contribution in [2.75, 3.05) is 0 Å². The molecule has 0 amide bonds. The fourth-order valence-corrected chi connectivity index (χ4v) is 3.28. The minimum atomic E-state index is -0.970. The van der Waals surface area contributed by atoms with Crippen LogP contribution in [0.2, 0.25) is 0 Å². The molecule has 0 bridgehead atoms. The molecule has 1 aromatic heterocycles. The van der Waals surface area contributed by atoms with E-state index in [2.05, 4.69) is 4.98 Å². The lowest BCUT2D eigenvalue weighted by Gasteiger charge is -2.37. The van der Waals surface area contributed by atoms with Gasteiger partial charge in [0.1, 0.15) is 5.78 Å². The lowest BCUT2D eigenvalue weighted by molar-refractivity contribution is -0.384. The quantitative estimate of drug-likeness (QED) is 0.635. The standard InChI is InChI=1S/C19H16N2O3/c1-14(22)19(16-5-4-6-17(13-16)21(23)24)10-3-2-7-18(19)15-8-11-20-12-9-15/h2-13,18H,1H3. The first-order valence-electron chi connectivity index (χ1n) is 7.57. The number of allylic oxidation sites excluding steroid dienone is 4. The maximum absolute atomic E-state index is 12.7. The molecule has 1 heterocycles. The molecule has 3 rings (SSSR count). The van der Waals surface area contributed by atoms with Crippen LogP contribution in [0.1, 0.15) is 24.0 Å². The predicted octanol–water partition coefficient (Wildman–Crippen LogP) is 3.73. The molecule has 120 valence electrons. The lowest BCUT2D eigenvalue weighted by atomic mass is 9.63. The molecule has 0 aliphatic heterocycles. The summed E-state index contributed by atoms with van der Waals surface area (Å²) in [7, 11) is 0. The zero-order valence-corrected chi connectivity index (χ0v) is 13.1. The van der Waals surface area contributed by atoms with Crippen molar-refractivity contribution in [1.29, 1.82) is 0 Å². The lowest BCUT2D eigenvalue weighted by Crippen LogP contribution is -2.39. The second-order valence-electron chi connectivity index (χ2n) is 5.73. The molecule has 0 saturated carbocycles. The van der Waals surface area contributed by atoms with Crippen LogP contribution in [-0.4, -0.2) is 15.7 Å². The molecule has 5 nitrogen and oxygen atoms in total. The SMILES string of the molecule is CC(=O)C1(c2cccc([N+](=O)[O-])c2)C=CC=CC1c1ccncc1. The maximum Gasteiger partial charge on any atom is 0.269 e. The Balaban J connectivity index is 2.22. The Kier molecular flexibility index (Phi) is 4.08. The number of rotatable bonds is 4. The third-order valence-corrected chi connectivity index (χ3v) is 4.45. The number of carbonyl (C=O) groups is 1. The molecule has 0 spiro atoms. The van der Waals surface area contributed by atoms with E-state index in [1.165, 1.54) is 19.1 Å². The van der Waals surface area contributed by atoms with Gasteiger partial charge in [-0.05, 0) is 30.2 Å². The van der Waals surface area contributed by atoms with Crippen LogP contribution in [0.5, 0.6) is 0 Å². The predicted molar refractivity (Wildman–Crippen MR) is 90.7 cm³/mol. The molecule has 1 aliphatic rings. The molecule has 1 aliphatic carbocycles. The van der Waals surface area contributed by atoms with Crippen LogP contribution < -0.4 is 0 Å². The maximum atomic E-state index is 12.7. The summed E-state index contributed by atoms with van der Waals surface area (Å²) in [6, 6.07) is 10.0. The number of hydrogen-bond acceptors (Lipinski definition) is 4. The summed E-state index contributed by atoms with van der Waals surface area (Å²) in [5, 5.41) is 11.1. The van der Waals surface area contributed by atoms with Crippen molar-refractivity contribution < 1.29 is 9.72 Å². The van der Waals surface area contributed by atoms with E-state index in [0.29, 0.717) is 5.56 Å². The average Bonchev–Trinajstić information content (AvgIpc) is 2.62. The number of nitrogens with zero attached hydrogens (tertiary/aromatic N) is 2. The summed E-state index contributed by atoms with van der Waals surface area (Å²) in [5.74, 6) is -0.310. The number of aromatic nitrogens is 1. The molecule has 24 heavy (non-hydrogen) atoms. The number of nitro benzene ring substituents is 1. The molecule has 0 N–H and O–H groups in total. The molecule has 0 saturated heterocycles. The van der Waals surface area contributed by atoms with E-state index in [0.717, 1.165) is 5.56 Å². The first-order chi connectivity index (χ1) is 11.6. The zero-order chi connectivity index (χ0) is 17.2. The van der Waals surface area contributed by atoms with Gasteiger partial charge in [-0.3, -0.25) is 19.9 Å². The number of pyridine rings is 1. The number of Topliss-reactive ketones (excluding diaryl/α,β-unsaturated/α-hetero) is 1. The number of non-ortho nitro benzene ring substituents is 1. The highest BCUT2D eigenvalue weighted by Gasteiger charge is 2.43. The smallest absolute Gasteiger partial charge is 0.269 e. The Morgan fingerprint density at radius 1 is 1.21 bits per heavy atom. The van der Waals surface area contributed by atoms with Crippen molar-refractivity contribution >= 4 is 11.5 Å². The van der Waals surface area contributed by atoms with Gasteiger partial charge in [-0.2, -0.15) is 0 Å². The molecule has 2 aromatic rings. The average molecular weight is 320 g/mol. The summed E-state index contributed by atoms with van der Waals surface area (Å²) in [5.41, 5.74) is 0.561. The van der Waals surface area contributed by atoms with Gasteiger partial charge in [0, 0.05) is 30.4 Å². The highest BCUT2D eigenvalue weighted by atomic mass is 16.6. The van der Waals surface area contributed by atoms with Crippen LogP contribution >= 0.6 is 0 Å². The van der Waals surface area contributed by atoms with Gasteiger partial charge in [-0.15, -0.1) is 0 Å². The topological polar surface area (TPSA) is 73.1 Å². The zero-order valence-electron chi connectivity index (χ0n) is 13.1. The Labute approximate surface area is 139 Å². The monoisotopic (exact) mass is 320 g/mol. The Morgan fingerprint density at radius 3 is 2.62 bits per heavy atom. The van der Waals surface area contributed by atoms with Crippen LogP contribution in [0.4, 0.5) is 5.69 Å². The van der Waals surface area contributed by atoms with Crippen molar-refractivity contribution in [2.24, 2.45) is 0 Å². The van der Waals surface area contributed by atoms with Crippen LogP contribution in [0.3, 0.4) is 0 Å². The van der Waals surface area contributed by atoms with Crippen molar-refractivity contribution in [3.8, 4) is 0 Å². The molecule has 2 unspecified atom stereocenters. The molecule has 0 radical (unpaired) electrons. The first kappa shape index (κ1) is 15.8. The molecular weight excluding hydrogens is 304 g/mol. The fourth-order valence-electron chi connectivity index (χ4n) is 3.28. The normalized spacial score (nSPS) is 22.3. The summed E-state index contributed by atoms with van der Waals surface area (Å²) >= 11 is 0. The number of ketones is 1. The van der Waals surface area contributed by atoms with Crippen molar-refractivity contribution in [3.05, 3.63) is 94.3 Å². The van der Waals surface area contributed by atoms with Gasteiger partial charge >= 0.3 is 0 Å². The van der Waals surface area contributed by atoms with Crippen LogP contribution in [0.15, 0.2) is 73.1 Å². The van der Waals surface area contributed by atoms with Crippen molar-refractivity contribution in [3.63, 3.8) is 0 Å².